The standard InChI is InChI=1S/C10H10BrN5O2S/c11-7-1-2-10(14-5-7)16-19(17,18)9-6-13-4-3-8(9)15-12/h1-6H,12H2,(H,13,15)(H,14,16). The zero-order chi connectivity index (χ0) is 13.9. The number of sulfonamides is 1. The van der Waals surface area contributed by atoms with Crippen LogP contribution in [0.5, 0.6) is 0 Å². The minimum absolute atomic E-state index is 0.0535. The van der Waals surface area contributed by atoms with Gasteiger partial charge in [-0.1, -0.05) is 0 Å². The van der Waals surface area contributed by atoms with Gasteiger partial charge in [-0.25, -0.2) is 13.4 Å². The highest BCUT2D eigenvalue weighted by Gasteiger charge is 2.19. The Hall–Kier alpha value is -1.71. The summed E-state index contributed by atoms with van der Waals surface area (Å²) in [7, 11) is -3.80. The monoisotopic (exact) mass is 343 g/mol. The highest BCUT2D eigenvalue weighted by molar-refractivity contribution is 9.10. The second-order valence-corrected chi connectivity index (χ2v) is 6.05. The number of hydrazine groups is 1. The van der Waals surface area contributed by atoms with E-state index < -0.39 is 10.0 Å². The van der Waals surface area contributed by atoms with E-state index in [4.69, 9.17) is 5.84 Å². The molecule has 0 saturated heterocycles. The van der Waals surface area contributed by atoms with Crippen molar-refractivity contribution in [2.24, 2.45) is 5.84 Å². The van der Waals surface area contributed by atoms with E-state index in [-0.39, 0.29) is 16.4 Å². The Labute approximate surface area is 118 Å². The molecule has 0 aliphatic rings. The van der Waals surface area contributed by atoms with Crippen LogP contribution in [-0.4, -0.2) is 18.4 Å². The van der Waals surface area contributed by atoms with Crippen LogP contribution in [0.4, 0.5) is 11.5 Å². The van der Waals surface area contributed by atoms with E-state index in [2.05, 4.69) is 36.0 Å². The minimum Gasteiger partial charge on any atom is -0.323 e. The number of hydrogen-bond donors (Lipinski definition) is 3. The van der Waals surface area contributed by atoms with Crippen molar-refractivity contribution in [3.05, 3.63) is 41.3 Å². The number of anilines is 2. The Morgan fingerprint density at radius 2 is 2.00 bits per heavy atom. The predicted molar refractivity (Wildman–Crippen MR) is 74.8 cm³/mol. The third-order valence-corrected chi connectivity index (χ3v) is 4.05. The maximum atomic E-state index is 12.2. The van der Waals surface area contributed by atoms with Gasteiger partial charge in [-0.2, -0.15) is 0 Å². The van der Waals surface area contributed by atoms with Crippen LogP contribution < -0.4 is 16.0 Å². The van der Waals surface area contributed by atoms with Crippen LogP contribution in [0.25, 0.3) is 0 Å². The van der Waals surface area contributed by atoms with Gasteiger partial charge in [0.15, 0.2) is 0 Å². The second-order valence-electron chi connectivity index (χ2n) is 3.48. The summed E-state index contributed by atoms with van der Waals surface area (Å²) in [6.07, 6.45) is 4.13. The average Bonchev–Trinajstić information content (AvgIpc) is 2.41. The molecule has 0 radical (unpaired) electrons. The van der Waals surface area contributed by atoms with E-state index in [1.807, 2.05) is 0 Å². The Morgan fingerprint density at radius 3 is 2.63 bits per heavy atom. The first-order valence-corrected chi connectivity index (χ1v) is 7.35. The second kappa shape index (κ2) is 5.51. The number of nitrogens with two attached hydrogens (primary N) is 1. The normalized spacial score (nSPS) is 11.1. The van der Waals surface area contributed by atoms with Crippen LogP contribution >= 0.6 is 15.9 Å². The summed E-state index contributed by atoms with van der Waals surface area (Å²) in [5, 5.41) is 0. The highest BCUT2D eigenvalue weighted by atomic mass is 79.9. The summed E-state index contributed by atoms with van der Waals surface area (Å²) in [6, 6.07) is 4.67. The van der Waals surface area contributed by atoms with E-state index in [1.165, 1.54) is 30.7 Å². The Kier molecular flexibility index (Phi) is 3.98. The largest absolute Gasteiger partial charge is 0.323 e. The van der Waals surface area contributed by atoms with Gasteiger partial charge >= 0.3 is 0 Å². The molecule has 0 amide bonds. The molecule has 0 spiro atoms. The number of aromatic nitrogens is 2. The van der Waals surface area contributed by atoms with Crippen molar-refractivity contribution in [3.63, 3.8) is 0 Å². The Bertz CT molecular complexity index is 675. The minimum atomic E-state index is -3.80. The van der Waals surface area contributed by atoms with Gasteiger partial charge in [0.2, 0.25) is 0 Å². The van der Waals surface area contributed by atoms with Gasteiger partial charge < -0.3 is 5.43 Å². The maximum absolute atomic E-state index is 12.2. The molecule has 0 aliphatic heterocycles. The molecule has 0 saturated carbocycles. The fraction of sp³-hybridized carbons (Fsp3) is 0. The summed E-state index contributed by atoms with van der Waals surface area (Å²) < 4.78 is 27.4. The van der Waals surface area contributed by atoms with Gasteiger partial charge in [-0.15, -0.1) is 0 Å². The quantitative estimate of drug-likeness (QED) is 0.570. The first kappa shape index (κ1) is 13.7. The van der Waals surface area contributed by atoms with Crippen LogP contribution in [-0.2, 0) is 10.0 Å². The Morgan fingerprint density at radius 1 is 1.21 bits per heavy atom. The number of nitrogens with one attached hydrogen (secondary N) is 2. The van der Waals surface area contributed by atoms with Gasteiger partial charge in [-0.3, -0.25) is 15.5 Å². The maximum Gasteiger partial charge on any atom is 0.266 e. The molecule has 9 heteroatoms. The fourth-order valence-corrected chi connectivity index (χ4v) is 2.70. The third-order valence-electron chi connectivity index (χ3n) is 2.20. The van der Waals surface area contributed by atoms with Crippen molar-refractivity contribution in [2.45, 2.75) is 4.90 Å². The van der Waals surface area contributed by atoms with Gasteiger partial charge in [0.1, 0.15) is 10.7 Å². The van der Waals surface area contributed by atoms with E-state index in [9.17, 15) is 8.42 Å². The number of halogens is 1. The highest BCUT2D eigenvalue weighted by Crippen LogP contribution is 2.21. The summed E-state index contributed by atoms with van der Waals surface area (Å²) in [4.78, 5) is 7.65. The molecule has 7 nitrogen and oxygen atoms in total. The lowest BCUT2D eigenvalue weighted by atomic mass is 10.4. The van der Waals surface area contributed by atoms with Crippen LogP contribution in [0.3, 0.4) is 0 Å². The zero-order valence-electron chi connectivity index (χ0n) is 9.54. The van der Waals surface area contributed by atoms with Crippen LogP contribution in [0, 0.1) is 0 Å². The number of nitrogens with zero attached hydrogens (tertiary/aromatic N) is 2. The predicted octanol–water partition coefficient (Wildman–Crippen LogP) is 1.33. The van der Waals surface area contributed by atoms with Gasteiger partial charge in [0.25, 0.3) is 10.0 Å². The first-order valence-electron chi connectivity index (χ1n) is 5.08. The van der Waals surface area contributed by atoms with Crippen molar-refractivity contribution in [1.82, 2.24) is 9.97 Å². The van der Waals surface area contributed by atoms with E-state index in [0.29, 0.717) is 0 Å². The molecule has 2 aromatic rings. The fourth-order valence-electron chi connectivity index (χ4n) is 1.34. The van der Waals surface area contributed by atoms with Crippen molar-refractivity contribution >= 4 is 37.5 Å². The molecular weight excluding hydrogens is 334 g/mol. The third kappa shape index (κ3) is 3.19. The number of hydrogen-bond acceptors (Lipinski definition) is 6. The summed E-state index contributed by atoms with van der Waals surface area (Å²) >= 11 is 3.22. The van der Waals surface area contributed by atoms with Crippen molar-refractivity contribution in [2.75, 3.05) is 10.1 Å². The average molecular weight is 344 g/mol. The molecule has 2 aromatic heterocycles. The van der Waals surface area contributed by atoms with Crippen LogP contribution in [0.2, 0.25) is 0 Å². The number of rotatable bonds is 4. The molecule has 0 bridgehead atoms. The van der Waals surface area contributed by atoms with Gasteiger partial charge in [0, 0.05) is 23.1 Å². The van der Waals surface area contributed by atoms with Crippen molar-refractivity contribution < 1.29 is 8.42 Å². The van der Waals surface area contributed by atoms with Crippen molar-refractivity contribution in [3.8, 4) is 0 Å². The van der Waals surface area contributed by atoms with E-state index in [0.717, 1.165) is 4.47 Å². The van der Waals surface area contributed by atoms with E-state index >= 15 is 0 Å². The van der Waals surface area contributed by atoms with Crippen molar-refractivity contribution in [1.29, 1.82) is 0 Å². The molecule has 2 heterocycles. The molecule has 100 valence electrons. The van der Waals surface area contributed by atoms with Crippen LogP contribution in [0.15, 0.2) is 46.2 Å². The molecule has 4 N–H and O–H groups in total. The SMILES string of the molecule is NNc1ccncc1S(=O)(=O)Nc1ccc(Br)cn1. The number of nitrogen functional groups attached to an aromatic ring is 1. The summed E-state index contributed by atoms with van der Waals surface area (Å²) in [5.74, 6) is 5.47. The number of pyridine rings is 2. The summed E-state index contributed by atoms with van der Waals surface area (Å²) in [5.41, 5.74) is 2.56. The molecule has 0 unspecified atom stereocenters. The molecule has 0 fully saturated rings. The van der Waals surface area contributed by atoms with Crippen LogP contribution in [0.1, 0.15) is 0 Å². The van der Waals surface area contributed by atoms with Gasteiger partial charge in [-0.05, 0) is 34.1 Å². The molecular formula is C10H10BrN5O2S. The Balaban J connectivity index is 2.35. The first-order chi connectivity index (χ1) is 9.03. The lowest BCUT2D eigenvalue weighted by Crippen LogP contribution is -2.18. The lowest BCUT2D eigenvalue weighted by molar-refractivity contribution is 0.601. The molecule has 0 aromatic carbocycles. The molecule has 19 heavy (non-hydrogen) atoms. The van der Waals surface area contributed by atoms with E-state index in [1.54, 1.807) is 6.07 Å². The molecule has 2 rings (SSSR count). The topological polar surface area (TPSA) is 110 Å². The zero-order valence-corrected chi connectivity index (χ0v) is 11.9. The van der Waals surface area contributed by atoms with Gasteiger partial charge in [0.05, 0.1) is 5.69 Å². The lowest BCUT2D eigenvalue weighted by Gasteiger charge is -2.10. The smallest absolute Gasteiger partial charge is 0.266 e. The summed E-state index contributed by atoms with van der Waals surface area (Å²) in [6.45, 7) is 0. The molecule has 0 aliphatic carbocycles. The molecule has 0 atom stereocenters.